The molecular formula is C13H28O. The Bertz CT molecular complexity index is 101. The van der Waals surface area contributed by atoms with E-state index in [1.165, 1.54) is 44.9 Å². The molecule has 0 radical (unpaired) electrons. The second kappa shape index (κ2) is 11.0. The summed E-state index contributed by atoms with van der Waals surface area (Å²) in [6.45, 7) is 7.55. The molecule has 86 valence electrons. The highest BCUT2D eigenvalue weighted by molar-refractivity contribution is 4.47. The van der Waals surface area contributed by atoms with Gasteiger partial charge in [0.2, 0.25) is 0 Å². The minimum atomic E-state index is 0.454. The predicted molar refractivity (Wildman–Crippen MR) is 63.7 cm³/mol. The highest BCUT2D eigenvalue weighted by Crippen LogP contribution is 2.07. The Morgan fingerprint density at radius 3 is 2.00 bits per heavy atom. The van der Waals surface area contributed by atoms with Crippen LogP contribution < -0.4 is 0 Å². The van der Waals surface area contributed by atoms with Crippen LogP contribution in [-0.2, 0) is 4.74 Å². The van der Waals surface area contributed by atoms with Crippen LogP contribution in [-0.4, -0.2) is 12.7 Å². The van der Waals surface area contributed by atoms with Crippen LogP contribution in [0.1, 0.15) is 72.1 Å². The summed E-state index contributed by atoms with van der Waals surface area (Å²) in [5.41, 5.74) is 0. The van der Waals surface area contributed by atoms with Crippen molar-refractivity contribution in [1.29, 1.82) is 0 Å². The zero-order valence-corrected chi connectivity index (χ0v) is 10.3. The van der Waals surface area contributed by atoms with E-state index in [1.54, 1.807) is 0 Å². The maximum atomic E-state index is 5.62. The van der Waals surface area contributed by atoms with E-state index in [4.69, 9.17) is 4.74 Å². The van der Waals surface area contributed by atoms with Gasteiger partial charge in [0.05, 0.1) is 6.10 Å². The highest BCUT2D eigenvalue weighted by Gasteiger charge is 1.97. The average Bonchev–Trinajstić information content (AvgIpc) is 2.21. The van der Waals surface area contributed by atoms with E-state index in [1.807, 2.05) is 0 Å². The maximum Gasteiger partial charge on any atom is 0.0544 e. The highest BCUT2D eigenvalue weighted by atomic mass is 16.5. The summed E-state index contributed by atoms with van der Waals surface area (Å²) in [6, 6.07) is 0. The Morgan fingerprint density at radius 1 is 0.857 bits per heavy atom. The average molecular weight is 200 g/mol. The third-order valence-electron chi connectivity index (χ3n) is 2.73. The molecule has 0 saturated heterocycles. The number of rotatable bonds is 10. The quantitative estimate of drug-likeness (QED) is 0.470. The molecule has 0 aliphatic rings. The van der Waals surface area contributed by atoms with Crippen molar-refractivity contribution in [2.45, 2.75) is 78.2 Å². The summed E-state index contributed by atoms with van der Waals surface area (Å²) in [4.78, 5) is 0. The van der Waals surface area contributed by atoms with Crippen molar-refractivity contribution in [1.82, 2.24) is 0 Å². The Balaban J connectivity index is 2.92. The normalized spacial score (nSPS) is 13.1. The molecule has 0 aromatic rings. The largest absolute Gasteiger partial charge is 0.379 e. The van der Waals surface area contributed by atoms with Gasteiger partial charge in [0.25, 0.3) is 0 Å². The Kier molecular flexibility index (Phi) is 11.0. The molecule has 0 rings (SSSR count). The van der Waals surface area contributed by atoms with Crippen molar-refractivity contribution in [2.24, 2.45) is 0 Å². The molecular weight excluding hydrogens is 172 g/mol. The van der Waals surface area contributed by atoms with Gasteiger partial charge in [-0.05, 0) is 19.8 Å². The van der Waals surface area contributed by atoms with E-state index in [9.17, 15) is 0 Å². The SMILES string of the molecule is CCCCCCCCCOC(C)CC. The minimum absolute atomic E-state index is 0.454. The molecule has 0 amide bonds. The maximum absolute atomic E-state index is 5.62. The Morgan fingerprint density at radius 2 is 1.43 bits per heavy atom. The third-order valence-corrected chi connectivity index (χ3v) is 2.73. The first-order valence-electron chi connectivity index (χ1n) is 6.42. The number of ether oxygens (including phenoxy) is 1. The van der Waals surface area contributed by atoms with Crippen molar-refractivity contribution in [2.75, 3.05) is 6.61 Å². The van der Waals surface area contributed by atoms with Crippen LogP contribution in [0, 0.1) is 0 Å². The van der Waals surface area contributed by atoms with Crippen molar-refractivity contribution < 1.29 is 4.74 Å². The van der Waals surface area contributed by atoms with Gasteiger partial charge in [0.15, 0.2) is 0 Å². The first kappa shape index (κ1) is 14.0. The molecule has 0 saturated carbocycles. The molecule has 0 N–H and O–H groups in total. The summed E-state index contributed by atoms with van der Waals surface area (Å²) in [6.07, 6.45) is 11.2. The fourth-order valence-corrected chi connectivity index (χ4v) is 1.46. The van der Waals surface area contributed by atoms with Crippen LogP contribution in [0.4, 0.5) is 0 Å². The van der Waals surface area contributed by atoms with E-state index >= 15 is 0 Å². The molecule has 1 unspecified atom stereocenters. The standard InChI is InChI=1S/C13H28O/c1-4-6-7-8-9-10-11-12-14-13(3)5-2/h13H,4-12H2,1-3H3. The molecule has 1 heteroatoms. The molecule has 1 nitrogen and oxygen atoms in total. The zero-order chi connectivity index (χ0) is 10.6. The minimum Gasteiger partial charge on any atom is -0.379 e. The smallest absolute Gasteiger partial charge is 0.0544 e. The van der Waals surface area contributed by atoms with Gasteiger partial charge in [-0.1, -0.05) is 52.4 Å². The molecule has 0 fully saturated rings. The first-order chi connectivity index (χ1) is 6.81. The summed E-state index contributed by atoms with van der Waals surface area (Å²) in [5.74, 6) is 0. The van der Waals surface area contributed by atoms with Crippen LogP contribution in [0.25, 0.3) is 0 Å². The molecule has 0 aliphatic carbocycles. The number of hydrogen-bond acceptors (Lipinski definition) is 1. The van der Waals surface area contributed by atoms with E-state index in [2.05, 4.69) is 20.8 Å². The van der Waals surface area contributed by atoms with Gasteiger partial charge >= 0.3 is 0 Å². The fraction of sp³-hybridized carbons (Fsp3) is 1.00. The molecule has 0 bridgehead atoms. The number of hydrogen-bond donors (Lipinski definition) is 0. The van der Waals surface area contributed by atoms with E-state index in [0.717, 1.165) is 13.0 Å². The van der Waals surface area contributed by atoms with Crippen molar-refractivity contribution >= 4 is 0 Å². The lowest BCUT2D eigenvalue weighted by Crippen LogP contribution is -2.07. The fourth-order valence-electron chi connectivity index (χ4n) is 1.46. The van der Waals surface area contributed by atoms with Crippen LogP contribution >= 0.6 is 0 Å². The van der Waals surface area contributed by atoms with Crippen LogP contribution in [0.5, 0.6) is 0 Å². The van der Waals surface area contributed by atoms with Gasteiger partial charge < -0.3 is 4.74 Å². The predicted octanol–water partition coefficient (Wildman–Crippen LogP) is 4.55. The molecule has 0 spiro atoms. The van der Waals surface area contributed by atoms with Gasteiger partial charge in [-0.25, -0.2) is 0 Å². The summed E-state index contributed by atoms with van der Waals surface area (Å²) in [7, 11) is 0. The first-order valence-corrected chi connectivity index (χ1v) is 6.42. The Hall–Kier alpha value is -0.0400. The lowest BCUT2D eigenvalue weighted by molar-refractivity contribution is 0.0608. The third kappa shape index (κ3) is 10.0. The Labute approximate surface area is 90.2 Å². The monoisotopic (exact) mass is 200 g/mol. The zero-order valence-electron chi connectivity index (χ0n) is 10.3. The second-order valence-corrected chi connectivity index (χ2v) is 4.21. The second-order valence-electron chi connectivity index (χ2n) is 4.21. The summed E-state index contributed by atoms with van der Waals surface area (Å²) < 4.78 is 5.62. The molecule has 0 aliphatic heterocycles. The summed E-state index contributed by atoms with van der Waals surface area (Å²) >= 11 is 0. The summed E-state index contributed by atoms with van der Waals surface area (Å²) in [5, 5.41) is 0. The van der Waals surface area contributed by atoms with Crippen LogP contribution in [0.3, 0.4) is 0 Å². The van der Waals surface area contributed by atoms with E-state index < -0.39 is 0 Å². The van der Waals surface area contributed by atoms with Gasteiger partial charge in [-0.2, -0.15) is 0 Å². The van der Waals surface area contributed by atoms with Gasteiger partial charge in [0, 0.05) is 6.61 Å². The number of unbranched alkanes of at least 4 members (excludes halogenated alkanes) is 6. The van der Waals surface area contributed by atoms with Crippen molar-refractivity contribution in [3.8, 4) is 0 Å². The van der Waals surface area contributed by atoms with Gasteiger partial charge in [-0.3, -0.25) is 0 Å². The topological polar surface area (TPSA) is 9.23 Å². The van der Waals surface area contributed by atoms with Crippen LogP contribution in [0.2, 0.25) is 0 Å². The van der Waals surface area contributed by atoms with E-state index in [0.29, 0.717) is 6.10 Å². The lowest BCUT2D eigenvalue weighted by Gasteiger charge is -2.09. The molecule has 0 aromatic heterocycles. The van der Waals surface area contributed by atoms with Gasteiger partial charge in [0.1, 0.15) is 0 Å². The van der Waals surface area contributed by atoms with Crippen molar-refractivity contribution in [3.05, 3.63) is 0 Å². The van der Waals surface area contributed by atoms with Gasteiger partial charge in [-0.15, -0.1) is 0 Å². The molecule has 0 heterocycles. The van der Waals surface area contributed by atoms with Crippen LogP contribution in [0.15, 0.2) is 0 Å². The molecule has 0 aromatic carbocycles. The lowest BCUT2D eigenvalue weighted by atomic mass is 10.1. The van der Waals surface area contributed by atoms with Crippen molar-refractivity contribution in [3.63, 3.8) is 0 Å². The van der Waals surface area contributed by atoms with E-state index in [-0.39, 0.29) is 0 Å². The molecule has 1 atom stereocenters. The molecule has 14 heavy (non-hydrogen) atoms.